The predicted octanol–water partition coefficient (Wildman–Crippen LogP) is 4.09. The van der Waals surface area contributed by atoms with Crippen molar-refractivity contribution in [3.05, 3.63) is 56.8 Å². The second-order valence-electron chi connectivity index (χ2n) is 3.29. The molecule has 1 aromatic carbocycles. The Kier molecular flexibility index (Phi) is 3.64. The molecule has 1 heterocycles. The zero-order chi connectivity index (χ0) is 13.1. The Morgan fingerprint density at radius 2 is 2.00 bits per heavy atom. The Morgan fingerprint density at radius 3 is 2.67 bits per heavy atom. The van der Waals surface area contributed by atoms with Crippen molar-refractivity contribution in [1.29, 1.82) is 0 Å². The fraction of sp³-hybridized carbons (Fsp3) is 0. The molecule has 0 amide bonds. The lowest BCUT2D eigenvalue weighted by Gasteiger charge is -2.07. The maximum atomic E-state index is 10.6. The third-order valence-corrected chi connectivity index (χ3v) is 2.57. The average Bonchev–Trinajstić information content (AvgIpc) is 2.31. The molecule has 2 aromatic rings. The lowest BCUT2D eigenvalue weighted by molar-refractivity contribution is -0.384. The number of nitro benzene ring substituents is 1. The zero-order valence-electron chi connectivity index (χ0n) is 8.84. The van der Waals surface area contributed by atoms with Crippen molar-refractivity contribution in [3.8, 4) is 11.5 Å². The Balaban J connectivity index is 2.33. The van der Waals surface area contributed by atoms with E-state index in [-0.39, 0.29) is 21.6 Å². The third-order valence-electron chi connectivity index (χ3n) is 2.05. The highest BCUT2D eigenvalue weighted by Crippen LogP contribution is 2.32. The first-order valence-electron chi connectivity index (χ1n) is 4.79. The van der Waals surface area contributed by atoms with Crippen LogP contribution in [-0.2, 0) is 0 Å². The molecule has 0 saturated heterocycles. The van der Waals surface area contributed by atoms with Crippen LogP contribution in [0, 0.1) is 10.1 Å². The van der Waals surface area contributed by atoms with Crippen LogP contribution in [0.15, 0.2) is 36.5 Å². The van der Waals surface area contributed by atoms with Crippen molar-refractivity contribution in [2.45, 2.75) is 0 Å². The fourth-order valence-electron chi connectivity index (χ4n) is 1.26. The predicted molar refractivity (Wildman–Crippen MR) is 67.4 cm³/mol. The SMILES string of the molecule is O=[N+]([O-])c1ccc(Cl)c(Oc2ccnc(Cl)c2)c1. The molecule has 1 aromatic heterocycles. The molecule has 0 aliphatic rings. The minimum Gasteiger partial charge on any atom is -0.455 e. The number of ether oxygens (including phenoxy) is 1. The molecular formula is C11H6Cl2N2O3. The van der Waals surface area contributed by atoms with Crippen LogP contribution in [0.1, 0.15) is 0 Å². The summed E-state index contributed by atoms with van der Waals surface area (Å²) >= 11 is 11.6. The molecule has 0 aliphatic carbocycles. The second-order valence-corrected chi connectivity index (χ2v) is 4.08. The summed E-state index contributed by atoms with van der Waals surface area (Å²) in [5.41, 5.74) is -0.102. The summed E-state index contributed by atoms with van der Waals surface area (Å²) in [6.45, 7) is 0. The maximum absolute atomic E-state index is 10.6. The van der Waals surface area contributed by atoms with Gasteiger partial charge in [-0.05, 0) is 12.1 Å². The smallest absolute Gasteiger partial charge is 0.273 e. The summed E-state index contributed by atoms with van der Waals surface area (Å²) in [6.07, 6.45) is 1.46. The summed E-state index contributed by atoms with van der Waals surface area (Å²) in [5, 5.41) is 11.2. The summed E-state index contributed by atoms with van der Waals surface area (Å²) in [5.74, 6) is 0.588. The monoisotopic (exact) mass is 284 g/mol. The third kappa shape index (κ3) is 2.88. The molecule has 0 unspecified atom stereocenters. The molecular weight excluding hydrogens is 279 g/mol. The van der Waals surface area contributed by atoms with E-state index >= 15 is 0 Å². The van der Waals surface area contributed by atoms with Crippen molar-refractivity contribution in [1.82, 2.24) is 4.98 Å². The van der Waals surface area contributed by atoms with E-state index in [2.05, 4.69) is 4.98 Å². The first-order valence-corrected chi connectivity index (χ1v) is 5.55. The number of benzene rings is 1. The van der Waals surface area contributed by atoms with Crippen LogP contribution in [0.4, 0.5) is 5.69 Å². The average molecular weight is 285 g/mol. The molecule has 0 fully saturated rings. The van der Waals surface area contributed by atoms with Gasteiger partial charge in [-0.2, -0.15) is 0 Å². The number of rotatable bonds is 3. The van der Waals surface area contributed by atoms with Gasteiger partial charge in [-0.3, -0.25) is 10.1 Å². The molecule has 0 spiro atoms. The minimum atomic E-state index is -0.525. The van der Waals surface area contributed by atoms with Crippen LogP contribution >= 0.6 is 23.2 Å². The van der Waals surface area contributed by atoms with E-state index in [0.29, 0.717) is 5.75 Å². The van der Waals surface area contributed by atoms with E-state index in [1.54, 1.807) is 6.07 Å². The number of nitrogens with zero attached hydrogens (tertiary/aromatic N) is 2. The molecule has 0 atom stereocenters. The van der Waals surface area contributed by atoms with E-state index < -0.39 is 4.92 Å². The van der Waals surface area contributed by atoms with Gasteiger partial charge in [0.15, 0.2) is 5.75 Å². The Bertz CT molecular complexity index is 605. The van der Waals surface area contributed by atoms with Gasteiger partial charge >= 0.3 is 0 Å². The molecule has 7 heteroatoms. The van der Waals surface area contributed by atoms with Gasteiger partial charge in [-0.25, -0.2) is 4.98 Å². The van der Waals surface area contributed by atoms with Crippen LogP contribution in [0.25, 0.3) is 0 Å². The second kappa shape index (κ2) is 5.20. The van der Waals surface area contributed by atoms with Gasteiger partial charge in [0.05, 0.1) is 16.0 Å². The highest BCUT2D eigenvalue weighted by Gasteiger charge is 2.11. The van der Waals surface area contributed by atoms with E-state index in [9.17, 15) is 10.1 Å². The highest BCUT2D eigenvalue weighted by atomic mass is 35.5. The van der Waals surface area contributed by atoms with E-state index in [4.69, 9.17) is 27.9 Å². The van der Waals surface area contributed by atoms with Crippen molar-refractivity contribution >= 4 is 28.9 Å². The lowest BCUT2D eigenvalue weighted by atomic mass is 10.3. The minimum absolute atomic E-state index is 0.102. The molecule has 18 heavy (non-hydrogen) atoms. The van der Waals surface area contributed by atoms with Crippen LogP contribution in [-0.4, -0.2) is 9.91 Å². The number of halogens is 2. The maximum Gasteiger partial charge on any atom is 0.273 e. The van der Waals surface area contributed by atoms with Gasteiger partial charge in [-0.1, -0.05) is 23.2 Å². The first-order chi connectivity index (χ1) is 8.56. The summed E-state index contributed by atoms with van der Waals surface area (Å²) < 4.78 is 5.42. The van der Waals surface area contributed by atoms with E-state index in [1.807, 2.05) is 0 Å². The van der Waals surface area contributed by atoms with Gasteiger partial charge in [0, 0.05) is 18.3 Å². The van der Waals surface area contributed by atoms with Crippen molar-refractivity contribution in [3.63, 3.8) is 0 Å². The van der Waals surface area contributed by atoms with Crippen LogP contribution in [0.3, 0.4) is 0 Å². The summed E-state index contributed by atoms with van der Waals surface area (Å²) in [7, 11) is 0. The Morgan fingerprint density at radius 1 is 1.22 bits per heavy atom. The summed E-state index contributed by atoms with van der Waals surface area (Å²) in [6, 6.07) is 7.00. The normalized spacial score (nSPS) is 10.1. The zero-order valence-corrected chi connectivity index (χ0v) is 10.4. The number of pyridine rings is 1. The molecule has 0 saturated carbocycles. The number of aromatic nitrogens is 1. The van der Waals surface area contributed by atoms with Gasteiger partial charge < -0.3 is 4.74 Å². The number of hydrogen-bond donors (Lipinski definition) is 0. The quantitative estimate of drug-likeness (QED) is 0.484. The molecule has 2 rings (SSSR count). The fourth-order valence-corrected chi connectivity index (χ4v) is 1.58. The molecule has 0 bridgehead atoms. The van der Waals surface area contributed by atoms with Gasteiger partial charge in [0.1, 0.15) is 10.9 Å². The van der Waals surface area contributed by atoms with Crippen LogP contribution < -0.4 is 4.74 Å². The van der Waals surface area contributed by atoms with Crippen molar-refractivity contribution in [2.24, 2.45) is 0 Å². The molecule has 92 valence electrons. The van der Waals surface area contributed by atoms with Gasteiger partial charge in [-0.15, -0.1) is 0 Å². The van der Waals surface area contributed by atoms with Gasteiger partial charge in [0.2, 0.25) is 0 Å². The van der Waals surface area contributed by atoms with E-state index in [1.165, 1.54) is 30.5 Å². The van der Waals surface area contributed by atoms with Crippen molar-refractivity contribution in [2.75, 3.05) is 0 Å². The lowest BCUT2D eigenvalue weighted by Crippen LogP contribution is -1.91. The highest BCUT2D eigenvalue weighted by molar-refractivity contribution is 6.32. The summed E-state index contributed by atoms with van der Waals surface area (Å²) in [4.78, 5) is 13.9. The van der Waals surface area contributed by atoms with E-state index in [0.717, 1.165) is 0 Å². The molecule has 0 aliphatic heterocycles. The Hall–Kier alpha value is -1.85. The molecule has 5 nitrogen and oxygen atoms in total. The molecule has 0 radical (unpaired) electrons. The Labute approximate surface area is 112 Å². The number of hydrogen-bond acceptors (Lipinski definition) is 4. The van der Waals surface area contributed by atoms with Gasteiger partial charge in [0.25, 0.3) is 5.69 Å². The number of nitro groups is 1. The largest absolute Gasteiger partial charge is 0.455 e. The number of non-ortho nitro benzene ring substituents is 1. The standard InChI is InChI=1S/C11H6Cl2N2O3/c12-9-2-1-7(15(16)17)5-10(9)18-8-3-4-14-11(13)6-8/h1-6H. The van der Waals surface area contributed by atoms with Crippen LogP contribution in [0.5, 0.6) is 11.5 Å². The molecule has 0 N–H and O–H groups in total. The van der Waals surface area contributed by atoms with Crippen LogP contribution in [0.2, 0.25) is 10.2 Å². The van der Waals surface area contributed by atoms with Crippen molar-refractivity contribution < 1.29 is 9.66 Å². The first kappa shape index (κ1) is 12.6. The topological polar surface area (TPSA) is 65.3 Å².